The quantitative estimate of drug-likeness (QED) is 0.792. The Balaban J connectivity index is 2.52. The normalized spacial score (nSPS) is 10.5. The molecule has 0 atom stereocenters. The molecule has 0 unspecified atom stereocenters. The fourth-order valence-electron chi connectivity index (χ4n) is 1.53. The van der Waals surface area contributed by atoms with E-state index in [0.717, 1.165) is 11.3 Å². The minimum absolute atomic E-state index is 0.206. The van der Waals surface area contributed by atoms with Gasteiger partial charge in [0.1, 0.15) is 5.69 Å². The van der Waals surface area contributed by atoms with Gasteiger partial charge >= 0.3 is 0 Å². The third-order valence-corrected chi connectivity index (χ3v) is 2.73. The smallest absolute Gasteiger partial charge is 0.269 e. The Hall–Kier alpha value is -2.01. The van der Waals surface area contributed by atoms with Crippen molar-refractivity contribution in [3.05, 3.63) is 40.7 Å². The molecule has 0 saturated heterocycles. The van der Waals surface area contributed by atoms with Crippen molar-refractivity contribution in [1.29, 1.82) is 0 Å². The number of primary amides is 1. The molecule has 17 heavy (non-hydrogen) atoms. The van der Waals surface area contributed by atoms with Gasteiger partial charge in [-0.05, 0) is 30.7 Å². The summed E-state index contributed by atoms with van der Waals surface area (Å²) in [5.41, 5.74) is 13.2. The number of nitrogens with two attached hydrogens (primary N) is 2. The first-order valence-corrected chi connectivity index (χ1v) is 5.28. The molecule has 0 aliphatic heterocycles. The predicted octanol–water partition coefficient (Wildman–Crippen LogP) is 1.52. The van der Waals surface area contributed by atoms with E-state index in [2.05, 4.69) is 5.10 Å². The van der Waals surface area contributed by atoms with E-state index in [1.54, 1.807) is 29.1 Å². The zero-order valence-corrected chi connectivity index (χ0v) is 9.90. The van der Waals surface area contributed by atoms with E-state index < -0.39 is 5.91 Å². The third kappa shape index (κ3) is 2.09. The molecule has 0 spiro atoms. The van der Waals surface area contributed by atoms with Crippen molar-refractivity contribution in [1.82, 2.24) is 9.78 Å². The molecule has 0 fully saturated rings. The number of hydrogen-bond donors (Lipinski definition) is 2. The number of benzene rings is 1. The molecule has 5 nitrogen and oxygen atoms in total. The number of anilines is 1. The fraction of sp³-hybridized carbons (Fsp3) is 0.0909. The van der Waals surface area contributed by atoms with E-state index in [9.17, 15) is 4.79 Å². The second kappa shape index (κ2) is 4.10. The lowest BCUT2D eigenvalue weighted by Gasteiger charge is -2.08. The van der Waals surface area contributed by atoms with Crippen LogP contribution in [0, 0.1) is 6.92 Å². The third-order valence-electron chi connectivity index (χ3n) is 2.40. The van der Waals surface area contributed by atoms with E-state index in [-0.39, 0.29) is 5.69 Å². The Bertz CT molecular complexity index is 591. The number of nitrogens with zero attached hydrogens (tertiary/aromatic N) is 2. The molecule has 0 saturated carbocycles. The van der Waals surface area contributed by atoms with Crippen LogP contribution in [0.25, 0.3) is 5.69 Å². The summed E-state index contributed by atoms with van der Waals surface area (Å²) in [6, 6.07) is 5.00. The number of amides is 1. The van der Waals surface area contributed by atoms with Crippen molar-refractivity contribution in [2.75, 3.05) is 5.73 Å². The summed E-state index contributed by atoms with van der Waals surface area (Å²) in [4.78, 5) is 11.0. The zero-order valence-electron chi connectivity index (χ0n) is 9.14. The van der Waals surface area contributed by atoms with E-state index >= 15 is 0 Å². The number of rotatable bonds is 2. The minimum atomic E-state index is -0.567. The molecule has 1 heterocycles. The molecule has 0 bridgehead atoms. The van der Waals surface area contributed by atoms with Crippen molar-refractivity contribution in [2.24, 2.45) is 5.73 Å². The monoisotopic (exact) mass is 250 g/mol. The molecule has 2 rings (SSSR count). The van der Waals surface area contributed by atoms with E-state index in [1.807, 2.05) is 6.92 Å². The summed E-state index contributed by atoms with van der Waals surface area (Å²) in [6.45, 7) is 1.88. The molecular weight excluding hydrogens is 240 g/mol. The SMILES string of the molecule is Cc1cc(N)c(Cl)cc1-n1ccc(C(N)=O)n1. The molecular formula is C11H11ClN4O. The van der Waals surface area contributed by atoms with Gasteiger partial charge in [-0.1, -0.05) is 11.6 Å². The molecule has 4 N–H and O–H groups in total. The lowest BCUT2D eigenvalue weighted by Crippen LogP contribution is -2.12. The van der Waals surface area contributed by atoms with Crippen LogP contribution >= 0.6 is 11.6 Å². The highest BCUT2D eigenvalue weighted by Crippen LogP contribution is 2.25. The first-order valence-electron chi connectivity index (χ1n) is 4.90. The average Bonchev–Trinajstić information content (AvgIpc) is 2.72. The maximum absolute atomic E-state index is 11.0. The molecule has 2 aromatic rings. The Morgan fingerprint density at radius 2 is 2.18 bits per heavy atom. The van der Waals surface area contributed by atoms with Gasteiger partial charge in [0.2, 0.25) is 0 Å². The molecule has 88 valence electrons. The van der Waals surface area contributed by atoms with Crippen LogP contribution in [-0.4, -0.2) is 15.7 Å². The second-order valence-electron chi connectivity index (χ2n) is 3.67. The number of carbonyl (C=O) groups is 1. The highest BCUT2D eigenvalue weighted by molar-refractivity contribution is 6.33. The first kappa shape index (κ1) is 11.5. The summed E-state index contributed by atoms with van der Waals surface area (Å²) in [5, 5.41) is 4.50. The highest BCUT2D eigenvalue weighted by atomic mass is 35.5. The minimum Gasteiger partial charge on any atom is -0.398 e. The lowest BCUT2D eigenvalue weighted by atomic mass is 10.2. The van der Waals surface area contributed by atoms with E-state index in [1.165, 1.54) is 0 Å². The van der Waals surface area contributed by atoms with Gasteiger partial charge in [-0.25, -0.2) is 4.68 Å². The van der Waals surface area contributed by atoms with Crippen molar-refractivity contribution >= 4 is 23.2 Å². The molecule has 0 aliphatic rings. The topological polar surface area (TPSA) is 86.9 Å². The molecule has 1 aromatic heterocycles. The zero-order chi connectivity index (χ0) is 12.6. The standard InChI is InChI=1S/C11H11ClN4O/c1-6-4-8(13)7(12)5-10(6)16-3-2-9(15-16)11(14)17/h2-5H,13H2,1H3,(H2,14,17). The van der Waals surface area contributed by atoms with Crippen LogP contribution in [0.4, 0.5) is 5.69 Å². The summed E-state index contributed by atoms with van der Waals surface area (Å²) in [7, 11) is 0. The highest BCUT2D eigenvalue weighted by Gasteiger charge is 2.09. The molecule has 6 heteroatoms. The van der Waals surface area contributed by atoms with Crippen molar-refractivity contribution in [2.45, 2.75) is 6.92 Å². The summed E-state index contributed by atoms with van der Waals surface area (Å²) in [6.07, 6.45) is 1.65. The van der Waals surface area contributed by atoms with Gasteiger partial charge in [-0.15, -0.1) is 0 Å². The first-order chi connectivity index (χ1) is 7.99. The fourth-order valence-corrected chi connectivity index (χ4v) is 1.69. The van der Waals surface area contributed by atoms with E-state index in [0.29, 0.717) is 10.7 Å². The van der Waals surface area contributed by atoms with Crippen LogP contribution in [0.15, 0.2) is 24.4 Å². The molecule has 0 radical (unpaired) electrons. The Labute approximate surface area is 103 Å². The van der Waals surface area contributed by atoms with Crippen LogP contribution < -0.4 is 11.5 Å². The van der Waals surface area contributed by atoms with Crippen LogP contribution in [0.1, 0.15) is 16.1 Å². The van der Waals surface area contributed by atoms with Gasteiger partial charge in [0, 0.05) is 6.20 Å². The number of halogens is 1. The Morgan fingerprint density at radius 1 is 1.47 bits per heavy atom. The van der Waals surface area contributed by atoms with E-state index in [4.69, 9.17) is 23.1 Å². The number of aromatic nitrogens is 2. The van der Waals surface area contributed by atoms with Crippen LogP contribution in [-0.2, 0) is 0 Å². The van der Waals surface area contributed by atoms with Gasteiger partial charge in [0.05, 0.1) is 16.4 Å². The second-order valence-corrected chi connectivity index (χ2v) is 4.08. The van der Waals surface area contributed by atoms with Gasteiger partial charge in [-0.2, -0.15) is 5.10 Å². The van der Waals surface area contributed by atoms with Crippen LogP contribution in [0.2, 0.25) is 5.02 Å². The Morgan fingerprint density at radius 3 is 2.76 bits per heavy atom. The molecule has 1 aromatic carbocycles. The van der Waals surface area contributed by atoms with Crippen molar-refractivity contribution < 1.29 is 4.79 Å². The lowest BCUT2D eigenvalue weighted by molar-refractivity contribution is 0.0995. The van der Waals surface area contributed by atoms with Crippen molar-refractivity contribution in [3.63, 3.8) is 0 Å². The summed E-state index contributed by atoms with van der Waals surface area (Å²) in [5.74, 6) is -0.567. The summed E-state index contributed by atoms with van der Waals surface area (Å²) < 4.78 is 1.54. The Kier molecular flexibility index (Phi) is 2.77. The number of nitrogen functional groups attached to an aromatic ring is 1. The number of hydrogen-bond acceptors (Lipinski definition) is 3. The number of carbonyl (C=O) groups excluding carboxylic acids is 1. The maximum Gasteiger partial charge on any atom is 0.269 e. The largest absolute Gasteiger partial charge is 0.398 e. The van der Waals surface area contributed by atoms with Gasteiger partial charge in [0.25, 0.3) is 5.91 Å². The molecule has 1 amide bonds. The van der Waals surface area contributed by atoms with Crippen LogP contribution in [0.3, 0.4) is 0 Å². The average molecular weight is 251 g/mol. The summed E-state index contributed by atoms with van der Waals surface area (Å²) >= 11 is 5.95. The number of aryl methyl sites for hydroxylation is 1. The van der Waals surface area contributed by atoms with Gasteiger partial charge in [-0.3, -0.25) is 4.79 Å². The predicted molar refractivity (Wildman–Crippen MR) is 66.2 cm³/mol. The van der Waals surface area contributed by atoms with Crippen LogP contribution in [0.5, 0.6) is 0 Å². The van der Waals surface area contributed by atoms with Crippen molar-refractivity contribution in [3.8, 4) is 5.69 Å². The van der Waals surface area contributed by atoms with Gasteiger partial charge < -0.3 is 11.5 Å². The van der Waals surface area contributed by atoms with Gasteiger partial charge in [0.15, 0.2) is 0 Å². The molecule has 0 aliphatic carbocycles. The maximum atomic E-state index is 11.0.